The maximum atomic E-state index is 13.4. The van der Waals surface area contributed by atoms with Gasteiger partial charge in [-0.25, -0.2) is 4.39 Å². The zero-order chi connectivity index (χ0) is 13.4. The minimum atomic E-state index is -0.196. The van der Waals surface area contributed by atoms with Gasteiger partial charge in [0.15, 0.2) is 0 Å². The van der Waals surface area contributed by atoms with E-state index < -0.39 is 0 Å². The van der Waals surface area contributed by atoms with E-state index in [1.807, 2.05) is 0 Å². The Morgan fingerprint density at radius 2 is 1.84 bits per heavy atom. The summed E-state index contributed by atoms with van der Waals surface area (Å²) in [5, 5.41) is 3.71. The van der Waals surface area contributed by atoms with E-state index in [2.05, 4.69) is 12.2 Å². The molecule has 19 heavy (non-hydrogen) atoms. The summed E-state index contributed by atoms with van der Waals surface area (Å²) in [6.45, 7) is 2.11. The van der Waals surface area contributed by atoms with Gasteiger partial charge in [-0.1, -0.05) is 0 Å². The number of ether oxygens (including phenoxy) is 1. The van der Waals surface area contributed by atoms with E-state index in [1.54, 1.807) is 19.2 Å². The molecule has 0 saturated heterocycles. The summed E-state index contributed by atoms with van der Waals surface area (Å²) in [5.41, 5.74) is 0.925. The van der Waals surface area contributed by atoms with Crippen LogP contribution in [0, 0.1) is 17.7 Å². The van der Waals surface area contributed by atoms with Crippen molar-refractivity contribution in [3.8, 4) is 5.75 Å². The molecule has 1 aromatic carbocycles. The summed E-state index contributed by atoms with van der Waals surface area (Å²) in [4.78, 5) is 0. The van der Waals surface area contributed by atoms with Crippen molar-refractivity contribution in [1.29, 1.82) is 0 Å². The number of rotatable bonds is 6. The van der Waals surface area contributed by atoms with Crippen molar-refractivity contribution in [3.05, 3.63) is 29.6 Å². The highest BCUT2D eigenvalue weighted by atomic mass is 19.1. The molecule has 2 aliphatic carbocycles. The summed E-state index contributed by atoms with van der Waals surface area (Å²) < 4.78 is 18.8. The molecule has 0 bridgehead atoms. The standard InChI is InChI=1S/C16H22FNO/c1-10(14-9-13(17)7-8-15(14)19-2)18-16(11-3-4-11)12-5-6-12/h7-12,16,18H,3-6H2,1-2H3. The van der Waals surface area contributed by atoms with Gasteiger partial charge in [-0.3, -0.25) is 0 Å². The van der Waals surface area contributed by atoms with Crippen LogP contribution in [0.4, 0.5) is 4.39 Å². The number of hydrogen-bond acceptors (Lipinski definition) is 2. The van der Waals surface area contributed by atoms with Gasteiger partial charge in [-0.05, 0) is 62.6 Å². The molecule has 0 aromatic heterocycles. The number of halogens is 1. The van der Waals surface area contributed by atoms with Gasteiger partial charge in [0.25, 0.3) is 0 Å². The zero-order valence-electron chi connectivity index (χ0n) is 11.7. The molecule has 3 heteroatoms. The lowest BCUT2D eigenvalue weighted by Gasteiger charge is -2.24. The highest BCUT2D eigenvalue weighted by Gasteiger charge is 2.41. The highest BCUT2D eigenvalue weighted by molar-refractivity contribution is 5.36. The second kappa shape index (κ2) is 5.12. The lowest BCUT2D eigenvalue weighted by molar-refractivity contribution is 0.360. The van der Waals surface area contributed by atoms with Gasteiger partial charge in [-0.15, -0.1) is 0 Å². The van der Waals surface area contributed by atoms with Gasteiger partial charge in [0, 0.05) is 17.6 Å². The molecule has 0 spiro atoms. The summed E-state index contributed by atoms with van der Waals surface area (Å²) in [6, 6.07) is 5.51. The molecule has 1 atom stereocenters. The van der Waals surface area contributed by atoms with Crippen LogP contribution >= 0.6 is 0 Å². The summed E-state index contributed by atoms with van der Waals surface area (Å²) in [5.74, 6) is 2.26. The number of hydrogen-bond donors (Lipinski definition) is 1. The smallest absolute Gasteiger partial charge is 0.123 e. The molecule has 1 aromatic rings. The highest BCUT2D eigenvalue weighted by Crippen LogP contribution is 2.45. The average Bonchev–Trinajstić information content (AvgIpc) is 3.29. The van der Waals surface area contributed by atoms with E-state index >= 15 is 0 Å². The Hall–Kier alpha value is -1.09. The van der Waals surface area contributed by atoms with Crippen LogP contribution in [0.3, 0.4) is 0 Å². The van der Waals surface area contributed by atoms with E-state index in [9.17, 15) is 4.39 Å². The molecule has 2 fully saturated rings. The Morgan fingerprint density at radius 3 is 2.37 bits per heavy atom. The number of benzene rings is 1. The van der Waals surface area contributed by atoms with Crippen molar-refractivity contribution in [2.75, 3.05) is 7.11 Å². The minimum absolute atomic E-state index is 0.136. The summed E-state index contributed by atoms with van der Waals surface area (Å²) in [6.07, 6.45) is 5.39. The van der Waals surface area contributed by atoms with Crippen LogP contribution in [0.2, 0.25) is 0 Å². The number of nitrogens with one attached hydrogen (secondary N) is 1. The fourth-order valence-electron chi connectivity index (χ4n) is 2.99. The predicted molar refractivity (Wildman–Crippen MR) is 73.7 cm³/mol. The van der Waals surface area contributed by atoms with Crippen LogP contribution in [0.25, 0.3) is 0 Å². The van der Waals surface area contributed by atoms with Crippen LogP contribution in [0.15, 0.2) is 18.2 Å². The third-order valence-electron chi connectivity index (χ3n) is 4.36. The molecule has 1 N–H and O–H groups in total. The van der Waals surface area contributed by atoms with E-state index in [0.717, 1.165) is 23.1 Å². The molecule has 2 nitrogen and oxygen atoms in total. The molecular weight excluding hydrogens is 241 g/mol. The van der Waals surface area contributed by atoms with Crippen molar-refractivity contribution < 1.29 is 9.13 Å². The largest absolute Gasteiger partial charge is 0.496 e. The lowest BCUT2D eigenvalue weighted by Crippen LogP contribution is -2.35. The van der Waals surface area contributed by atoms with Crippen molar-refractivity contribution in [1.82, 2.24) is 5.32 Å². The fraction of sp³-hybridized carbons (Fsp3) is 0.625. The summed E-state index contributed by atoms with van der Waals surface area (Å²) in [7, 11) is 1.64. The quantitative estimate of drug-likeness (QED) is 0.845. The van der Waals surface area contributed by atoms with Crippen molar-refractivity contribution >= 4 is 0 Å². The maximum Gasteiger partial charge on any atom is 0.123 e. The Kier molecular flexibility index (Phi) is 3.48. The van der Waals surface area contributed by atoms with Crippen LogP contribution < -0.4 is 10.1 Å². The third-order valence-corrected chi connectivity index (χ3v) is 4.36. The van der Waals surface area contributed by atoms with Crippen molar-refractivity contribution in [2.24, 2.45) is 11.8 Å². The molecule has 0 radical (unpaired) electrons. The van der Waals surface area contributed by atoms with E-state index in [4.69, 9.17) is 4.74 Å². The molecule has 3 rings (SSSR count). The first-order valence-electron chi connectivity index (χ1n) is 7.28. The Morgan fingerprint density at radius 1 is 1.21 bits per heavy atom. The zero-order valence-corrected chi connectivity index (χ0v) is 11.7. The van der Waals surface area contributed by atoms with Crippen LogP contribution in [-0.2, 0) is 0 Å². The fourth-order valence-corrected chi connectivity index (χ4v) is 2.99. The molecular formula is C16H22FNO. The first-order chi connectivity index (χ1) is 9.19. The van der Waals surface area contributed by atoms with Gasteiger partial charge >= 0.3 is 0 Å². The summed E-state index contributed by atoms with van der Waals surface area (Å²) >= 11 is 0. The second-order valence-corrected chi connectivity index (χ2v) is 5.98. The van der Waals surface area contributed by atoms with Crippen LogP contribution in [0.1, 0.15) is 44.2 Å². The third kappa shape index (κ3) is 2.92. The average molecular weight is 263 g/mol. The molecule has 2 saturated carbocycles. The molecule has 1 unspecified atom stereocenters. The lowest BCUT2D eigenvalue weighted by atomic mass is 10.0. The first kappa shape index (κ1) is 12.9. The molecule has 104 valence electrons. The van der Waals surface area contributed by atoms with Crippen LogP contribution in [-0.4, -0.2) is 13.2 Å². The Labute approximate surface area is 114 Å². The van der Waals surface area contributed by atoms with Gasteiger partial charge < -0.3 is 10.1 Å². The van der Waals surface area contributed by atoms with E-state index in [0.29, 0.717) is 6.04 Å². The van der Waals surface area contributed by atoms with Gasteiger partial charge in [-0.2, -0.15) is 0 Å². The van der Waals surface area contributed by atoms with Crippen molar-refractivity contribution in [3.63, 3.8) is 0 Å². The molecule has 2 aliphatic rings. The second-order valence-electron chi connectivity index (χ2n) is 5.98. The minimum Gasteiger partial charge on any atom is -0.496 e. The Balaban J connectivity index is 1.74. The molecule has 0 heterocycles. The van der Waals surface area contributed by atoms with Gasteiger partial charge in [0.05, 0.1) is 7.11 Å². The topological polar surface area (TPSA) is 21.3 Å². The van der Waals surface area contributed by atoms with Gasteiger partial charge in [0.2, 0.25) is 0 Å². The maximum absolute atomic E-state index is 13.4. The van der Waals surface area contributed by atoms with Gasteiger partial charge in [0.1, 0.15) is 11.6 Å². The van der Waals surface area contributed by atoms with Crippen molar-refractivity contribution in [2.45, 2.75) is 44.7 Å². The van der Waals surface area contributed by atoms with E-state index in [1.165, 1.54) is 31.7 Å². The van der Waals surface area contributed by atoms with E-state index in [-0.39, 0.29) is 11.9 Å². The normalized spacial score (nSPS) is 20.6. The first-order valence-corrected chi connectivity index (χ1v) is 7.28. The molecule has 0 aliphatic heterocycles. The number of methoxy groups -OCH3 is 1. The SMILES string of the molecule is COc1ccc(F)cc1C(C)NC(C1CC1)C1CC1. The predicted octanol–water partition coefficient (Wildman–Crippen LogP) is 3.67. The molecule has 0 amide bonds. The monoisotopic (exact) mass is 263 g/mol. The Bertz CT molecular complexity index is 442. The van der Waals surface area contributed by atoms with Crippen LogP contribution in [0.5, 0.6) is 5.75 Å².